The quantitative estimate of drug-likeness (QED) is 0.519. The number of nitrogens with zero attached hydrogens (tertiary/aromatic N) is 3. The molecule has 1 N–H and O–H groups in total. The van der Waals surface area contributed by atoms with Gasteiger partial charge in [0, 0.05) is 18.9 Å². The Morgan fingerprint density at radius 2 is 2.43 bits per heavy atom. The molecule has 2 aromatic heterocycles. The average Bonchev–Trinajstić information content (AvgIpc) is 2.76. The normalized spacial score (nSPS) is 10.7. The van der Waals surface area contributed by atoms with Crippen LogP contribution < -0.4 is 10.3 Å². The second-order valence-electron chi connectivity index (χ2n) is 3.86. The summed E-state index contributed by atoms with van der Waals surface area (Å²) in [6.07, 6.45) is 5.91. The van der Waals surface area contributed by atoms with Crippen LogP contribution in [0.3, 0.4) is 0 Å². The lowest BCUT2D eigenvalue weighted by Crippen LogP contribution is -2.17. The minimum absolute atomic E-state index is 0.208. The van der Waals surface area contributed by atoms with E-state index in [1.807, 2.05) is 0 Å². The number of allylic oxidation sites excluding steroid dienone is 1. The van der Waals surface area contributed by atoms with Crippen molar-refractivity contribution in [2.75, 3.05) is 0 Å². The first-order chi connectivity index (χ1) is 10.1. The van der Waals surface area contributed by atoms with Crippen LogP contribution in [0.1, 0.15) is 15.2 Å². The number of amides is 1. The minimum atomic E-state index is -0.395. The Labute approximate surface area is 129 Å². The van der Waals surface area contributed by atoms with Crippen LogP contribution in [0.25, 0.3) is 0 Å². The first-order valence-electron chi connectivity index (χ1n) is 5.87. The average molecular weight is 323 g/mol. The SMILES string of the molecule is C=CCn1c(Cl)c(C=NNC(=O)c2cccnc2)sc1=O. The predicted molar refractivity (Wildman–Crippen MR) is 83.1 cm³/mol. The molecule has 0 radical (unpaired) electrons. The molecule has 2 rings (SSSR count). The lowest BCUT2D eigenvalue weighted by molar-refractivity contribution is 0.0955. The van der Waals surface area contributed by atoms with Crippen LogP contribution in [-0.2, 0) is 6.54 Å². The first-order valence-corrected chi connectivity index (χ1v) is 7.06. The number of rotatable bonds is 5. The monoisotopic (exact) mass is 322 g/mol. The summed E-state index contributed by atoms with van der Waals surface area (Å²) in [6, 6.07) is 3.26. The molecule has 2 aromatic rings. The fourth-order valence-corrected chi connectivity index (χ4v) is 2.60. The van der Waals surface area contributed by atoms with Crippen LogP contribution in [0.4, 0.5) is 0 Å². The summed E-state index contributed by atoms with van der Waals surface area (Å²) in [4.78, 5) is 27.5. The van der Waals surface area contributed by atoms with Gasteiger partial charge < -0.3 is 0 Å². The van der Waals surface area contributed by atoms with E-state index in [2.05, 4.69) is 22.1 Å². The molecule has 0 aromatic carbocycles. The van der Waals surface area contributed by atoms with Crippen molar-refractivity contribution < 1.29 is 4.79 Å². The third-order valence-electron chi connectivity index (χ3n) is 2.44. The highest BCUT2D eigenvalue weighted by Crippen LogP contribution is 2.16. The predicted octanol–water partition coefficient (Wildman–Crippen LogP) is 1.91. The van der Waals surface area contributed by atoms with Gasteiger partial charge in [-0.3, -0.25) is 19.1 Å². The zero-order valence-electron chi connectivity index (χ0n) is 10.8. The number of hydrogen-bond donors (Lipinski definition) is 1. The maximum absolute atomic E-state index is 11.7. The van der Waals surface area contributed by atoms with Crippen molar-refractivity contribution in [2.24, 2.45) is 5.10 Å². The minimum Gasteiger partial charge on any atom is -0.285 e. The Kier molecular flexibility index (Phi) is 5.02. The van der Waals surface area contributed by atoms with E-state index in [9.17, 15) is 9.59 Å². The maximum atomic E-state index is 11.7. The number of hydrazone groups is 1. The molecular formula is C13H11ClN4O2S. The molecule has 0 spiro atoms. The van der Waals surface area contributed by atoms with Crippen LogP contribution >= 0.6 is 22.9 Å². The second kappa shape index (κ2) is 6.96. The summed E-state index contributed by atoms with van der Waals surface area (Å²) >= 11 is 7.00. The highest BCUT2D eigenvalue weighted by atomic mass is 35.5. The molecule has 0 aliphatic heterocycles. The number of thiazole rings is 1. The molecule has 8 heteroatoms. The Morgan fingerprint density at radius 1 is 1.62 bits per heavy atom. The Hall–Kier alpha value is -2.25. The van der Waals surface area contributed by atoms with Gasteiger partial charge in [-0.15, -0.1) is 6.58 Å². The molecule has 0 saturated heterocycles. The van der Waals surface area contributed by atoms with E-state index in [1.54, 1.807) is 24.4 Å². The Balaban J connectivity index is 2.09. The Bertz CT molecular complexity index is 736. The largest absolute Gasteiger partial charge is 0.309 e. The number of hydrogen-bond acceptors (Lipinski definition) is 5. The second-order valence-corrected chi connectivity index (χ2v) is 5.21. The third-order valence-corrected chi connectivity index (χ3v) is 3.87. The van der Waals surface area contributed by atoms with Gasteiger partial charge >= 0.3 is 4.87 Å². The molecule has 0 atom stereocenters. The van der Waals surface area contributed by atoms with Crippen LogP contribution in [0.15, 0.2) is 47.1 Å². The van der Waals surface area contributed by atoms with Gasteiger partial charge in [-0.2, -0.15) is 5.10 Å². The number of carbonyl (C=O) groups is 1. The summed E-state index contributed by atoms with van der Waals surface area (Å²) in [7, 11) is 0. The number of halogens is 1. The molecule has 0 saturated carbocycles. The van der Waals surface area contributed by atoms with Crippen molar-refractivity contribution in [1.82, 2.24) is 15.0 Å². The molecule has 0 unspecified atom stereocenters. The zero-order valence-corrected chi connectivity index (χ0v) is 12.4. The summed E-state index contributed by atoms with van der Waals surface area (Å²) in [6.45, 7) is 3.88. The molecular weight excluding hydrogens is 312 g/mol. The molecule has 0 fully saturated rings. The van der Waals surface area contributed by atoms with Crippen molar-refractivity contribution in [3.63, 3.8) is 0 Å². The van der Waals surface area contributed by atoms with Gasteiger partial charge in [0.25, 0.3) is 5.91 Å². The molecule has 6 nitrogen and oxygen atoms in total. The van der Waals surface area contributed by atoms with Gasteiger partial charge in [-0.1, -0.05) is 29.0 Å². The molecule has 21 heavy (non-hydrogen) atoms. The first kappa shape index (κ1) is 15.1. The van der Waals surface area contributed by atoms with Gasteiger partial charge in [0.05, 0.1) is 16.7 Å². The van der Waals surface area contributed by atoms with Crippen molar-refractivity contribution in [2.45, 2.75) is 6.54 Å². The molecule has 2 heterocycles. The zero-order chi connectivity index (χ0) is 15.2. The van der Waals surface area contributed by atoms with Gasteiger partial charge in [-0.25, -0.2) is 5.43 Å². The molecule has 0 aliphatic carbocycles. The maximum Gasteiger partial charge on any atom is 0.309 e. The standard InChI is InChI=1S/C13H11ClN4O2S/c1-2-6-18-11(14)10(21-13(18)20)8-16-17-12(19)9-4-3-5-15-7-9/h2-5,7-8H,1,6H2,(H,17,19). The Morgan fingerprint density at radius 3 is 3.10 bits per heavy atom. The summed E-state index contributed by atoms with van der Waals surface area (Å²) < 4.78 is 1.36. The van der Waals surface area contributed by atoms with Crippen LogP contribution in [0.2, 0.25) is 5.15 Å². The van der Waals surface area contributed by atoms with Gasteiger partial charge in [0.15, 0.2) is 0 Å². The molecule has 1 amide bonds. The van der Waals surface area contributed by atoms with Crippen LogP contribution in [0, 0.1) is 0 Å². The summed E-state index contributed by atoms with van der Waals surface area (Å²) in [5.41, 5.74) is 2.73. The lowest BCUT2D eigenvalue weighted by Gasteiger charge is -1.98. The molecule has 0 aliphatic rings. The fraction of sp³-hybridized carbons (Fsp3) is 0.0769. The van der Waals surface area contributed by atoms with Crippen LogP contribution in [-0.4, -0.2) is 21.7 Å². The van der Waals surface area contributed by atoms with E-state index in [4.69, 9.17) is 11.6 Å². The van der Waals surface area contributed by atoms with E-state index in [0.717, 1.165) is 11.3 Å². The highest BCUT2D eigenvalue weighted by molar-refractivity contribution is 7.11. The van der Waals surface area contributed by atoms with Crippen molar-refractivity contribution in [3.8, 4) is 0 Å². The van der Waals surface area contributed by atoms with Gasteiger partial charge in [-0.05, 0) is 12.1 Å². The highest BCUT2D eigenvalue weighted by Gasteiger charge is 2.10. The number of pyridine rings is 1. The fourth-order valence-electron chi connectivity index (χ4n) is 1.48. The third kappa shape index (κ3) is 3.65. The van der Waals surface area contributed by atoms with E-state index in [1.165, 1.54) is 17.0 Å². The smallest absolute Gasteiger partial charge is 0.285 e. The topological polar surface area (TPSA) is 76.3 Å². The van der Waals surface area contributed by atoms with E-state index in [-0.39, 0.29) is 10.0 Å². The van der Waals surface area contributed by atoms with Crippen molar-refractivity contribution >= 4 is 35.1 Å². The lowest BCUT2D eigenvalue weighted by atomic mass is 10.3. The summed E-state index contributed by atoms with van der Waals surface area (Å²) in [5, 5.41) is 4.06. The van der Waals surface area contributed by atoms with Crippen molar-refractivity contribution in [3.05, 3.63) is 62.4 Å². The summed E-state index contributed by atoms with van der Waals surface area (Å²) in [5.74, 6) is -0.395. The number of carbonyl (C=O) groups excluding carboxylic acids is 1. The van der Waals surface area contributed by atoms with Gasteiger partial charge in [0.1, 0.15) is 5.15 Å². The van der Waals surface area contributed by atoms with Crippen molar-refractivity contribution in [1.29, 1.82) is 0 Å². The molecule has 0 bridgehead atoms. The van der Waals surface area contributed by atoms with E-state index < -0.39 is 5.91 Å². The van der Waals surface area contributed by atoms with E-state index in [0.29, 0.717) is 17.0 Å². The van der Waals surface area contributed by atoms with Gasteiger partial charge in [0.2, 0.25) is 0 Å². The van der Waals surface area contributed by atoms with Crippen LogP contribution in [0.5, 0.6) is 0 Å². The van der Waals surface area contributed by atoms with E-state index >= 15 is 0 Å². The number of nitrogens with one attached hydrogen (secondary N) is 1. The number of aromatic nitrogens is 2. The molecule has 108 valence electrons.